The second-order valence-corrected chi connectivity index (χ2v) is 7.85. The van der Waals surface area contributed by atoms with E-state index < -0.39 is 0 Å². The highest BCUT2D eigenvalue weighted by Gasteiger charge is 2.16. The molecule has 156 valence electrons. The molecule has 2 aromatic carbocycles. The van der Waals surface area contributed by atoms with Crippen molar-refractivity contribution in [3.05, 3.63) is 81.7 Å². The lowest BCUT2D eigenvalue weighted by molar-refractivity contribution is 0.104. The molecule has 0 radical (unpaired) electrons. The van der Waals surface area contributed by atoms with Crippen LogP contribution in [0.2, 0.25) is 0 Å². The number of rotatable bonds is 6. The van der Waals surface area contributed by atoms with E-state index in [1.807, 2.05) is 12.1 Å². The van der Waals surface area contributed by atoms with Gasteiger partial charge in [0.25, 0.3) is 0 Å². The Labute approximate surface area is 180 Å². The highest BCUT2D eigenvalue weighted by Crippen LogP contribution is 2.27. The summed E-state index contributed by atoms with van der Waals surface area (Å²) in [6, 6.07) is 13.7. The van der Waals surface area contributed by atoms with E-state index in [9.17, 15) is 9.59 Å². The predicted octanol–water partition coefficient (Wildman–Crippen LogP) is 5.52. The smallest absolute Gasteiger partial charge is 0.203 e. The summed E-state index contributed by atoms with van der Waals surface area (Å²) < 4.78 is 11.7. The molecule has 0 amide bonds. The topological polar surface area (TPSA) is 80.3 Å². The Bertz CT molecular complexity index is 1210. The van der Waals surface area contributed by atoms with Crippen LogP contribution in [0.5, 0.6) is 5.75 Å². The van der Waals surface area contributed by atoms with E-state index in [4.69, 9.17) is 14.4 Å². The van der Waals surface area contributed by atoms with Crippen LogP contribution in [0.15, 0.2) is 64.0 Å². The minimum Gasteiger partial charge on any atom is -0.492 e. The number of ether oxygens (including phenoxy) is 1. The Morgan fingerprint density at radius 1 is 1.13 bits per heavy atom. The van der Waals surface area contributed by atoms with Gasteiger partial charge in [-0.25, -0.2) is 0 Å². The third-order valence-corrected chi connectivity index (χ3v) is 5.70. The quantitative estimate of drug-likeness (QED) is 0.393. The van der Waals surface area contributed by atoms with E-state index >= 15 is 0 Å². The molecule has 5 nitrogen and oxygen atoms in total. The number of nitriles is 1. The molecule has 0 saturated heterocycles. The molecular weight excluding hydrogens is 390 g/mol. The van der Waals surface area contributed by atoms with Gasteiger partial charge in [-0.1, -0.05) is 25.3 Å². The van der Waals surface area contributed by atoms with E-state index in [1.165, 1.54) is 37.7 Å². The van der Waals surface area contributed by atoms with E-state index in [-0.39, 0.29) is 16.8 Å². The van der Waals surface area contributed by atoms with Crippen LogP contribution in [-0.2, 0) is 0 Å². The molecule has 1 aliphatic carbocycles. The monoisotopic (exact) mass is 413 g/mol. The van der Waals surface area contributed by atoms with Gasteiger partial charge in [0, 0.05) is 5.56 Å². The van der Waals surface area contributed by atoms with Crippen LogP contribution in [0, 0.1) is 17.2 Å². The predicted molar refractivity (Wildman–Crippen MR) is 119 cm³/mol. The summed E-state index contributed by atoms with van der Waals surface area (Å²) in [4.78, 5) is 25.5. The van der Waals surface area contributed by atoms with Gasteiger partial charge in [-0.15, -0.1) is 0 Å². The van der Waals surface area contributed by atoms with Crippen LogP contribution in [0.1, 0.15) is 53.6 Å². The fraction of sp³-hybridized carbons (Fsp3) is 0.269. The van der Waals surface area contributed by atoms with Gasteiger partial charge in [0.1, 0.15) is 23.0 Å². The van der Waals surface area contributed by atoms with Crippen molar-refractivity contribution in [2.45, 2.75) is 32.1 Å². The van der Waals surface area contributed by atoms with Crippen LogP contribution in [0.3, 0.4) is 0 Å². The molecule has 3 aromatic rings. The summed E-state index contributed by atoms with van der Waals surface area (Å²) in [5, 5.41) is 9.26. The minimum atomic E-state index is -0.258. The maximum atomic E-state index is 13.1. The number of hydrogen-bond donors (Lipinski definition) is 0. The summed E-state index contributed by atoms with van der Waals surface area (Å²) >= 11 is 0. The molecular formula is C26H23NO4. The van der Waals surface area contributed by atoms with Crippen molar-refractivity contribution in [2.24, 2.45) is 5.92 Å². The van der Waals surface area contributed by atoms with Crippen molar-refractivity contribution in [3.8, 4) is 11.8 Å². The number of nitrogens with zero attached hydrogens (tertiary/aromatic N) is 1. The molecule has 0 atom stereocenters. The summed E-state index contributed by atoms with van der Waals surface area (Å²) in [7, 11) is 0. The van der Waals surface area contributed by atoms with Crippen molar-refractivity contribution in [2.75, 3.05) is 6.61 Å². The van der Waals surface area contributed by atoms with Crippen LogP contribution in [-0.4, -0.2) is 12.4 Å². The highest BCUT2D eigenvalue weighted by molar-refractivity contribution is 6.07. The molecule has 1 aromatic heterocycles. The molecule has 31 heavy (non-hydrogen) atoms. The highest BCUT2D eigenvalue weighted by atomic mass is 16.5. The lowest BCUT2D eigenvalue weighted by atomic mass is 9.90. The molecule has 0 bridgehead atoms. The first-order valence-electron chi connectivity index (χ1n) is 10.6. The first-order chi connectivity index (χ1) is 15.2. The Balaban J connectivity index is 1.57. The number of carbonyl (C=O) groups excluding carboxylic acids is 1. The lowest BCUT2D eigenvalue weighted by Crippen LogP contribution is -2.16. The van der Waals surface area contributed by atoms with E-state index in [0.717, 1.165) is 12.8 Å². The molecule has 0 unspecified atom stereocenters. The zero-order valence-corrected chi connectivity index (χ0v) is 17.2. The summed E-state index contributed by atoms with van der Waals surface area (Å²) in [5.74, 6) is 0.778. The van der Waals surface area contributed by atoms with Crippen molar-refractivity contribution >= 4 is 22.8 Å². The van der Waals surface area contributed by atoms with Gasteiger partial charge in [-0.3, -0.25) is 9.59 Å². The molecule has 5 heteroatoms. The number of carbonyl (C=O) groups is 1. The molecule has 0 aliphatic heterocycles. The molecule has 4 rings (SSSR count). The van der Waals surface area contributed by atoms with E-state index in [1.54, 1.807) is 36.4 Å². The number of ketones is 1. The summed E-state index contributed by atoms with van der Waals surface area (Å²) in [6.07, 6.45) is 10.2. The van der Waals surface area contributed by atoms with Crippen LogP contribution < -0.4 is 10.2 Å². The first-order valence-corrected chi connectivity index (χ1v) is 10.6. The average Bonchev–Trinajstić information content (AvgIpc) is 2.82. The second kappa shape index (κ2) is 9.44. The summed E-state index contributed by atoms with van der Waals surface area (Å²) in [5.41, 5.74) is 1.43. The second-order valence-electron chi connectivity index (χ2n) is 7.85. The van der Waals surface area contributed by atoms with Gasteiger partial charge in [0.2, 0.25) is 5.43 Å². The first kappa shape index (κ1) is 20.6. The molecule has 1 heterocycles. The third kappa shape index (κ3) is 4.75. The Hall–Kier alpha value is -3.65. The van der Waals surface area contributed by atoms with Crippen molar-refractivity contribution in [1.29, 1.82) is 5.26 Å². The lowest BCUT2D eigenvalue weighted by Gasteiger charge is -2.21. The third-order valence-electron chi connectivity index (χ3n) is 5.70. The number of allylic oxidation sites excluding steroid dienone is 1. The molecule has 0 N–H and O–H groups in total. The number of hydrogen-bond acceptors (Lipinski definition) is 5. The van der Waals surface area contributed by atoms with E-state index in [0.29, 0.717) is 40.4 Å². The number of benzene rings is 2. The molecule has 1 aliphatic rings. The van der Waals surface area contributed by atoms with Crippen LogP contribution in [0.25, 0.3) is 17.0 Å². The molecule has 1 fully saturated rings. The average molecular weight is 413 g/mol. The van der Waals surface area contributed by atoms with Gasteiger partial charge < -0.3 is 9.15 Å². The minimum absolute atomic E-state index is 0.232. The molecule has 1 saturated carbocycles. The largest absolute Gasteiger partial charge is 0.492 e. The Kier molecular flexibility index (Phi) is 6.28. The van der Waals surface area contributed by atoms with Gasteiger partial charge in [-0.05, 0) is 67.3 Å². The van der Waals surface area contributed by atoms with Crippen LogP contribution >= 0.6 is 0 Å². The van der Waals surface area contributed by atoms with E-state index in [2.05, 4.69) is 0 Å². The maximum absolute atomic E-state index is 13.1. The maximum Gasteiger partial charge on any atom is 0.203 e. The fourth-order valence-electron chi connectivity index (χ4n) is 3.93. The van der Waals surface area contributed by atoms with Gasteiger partial charge in [0.05, 0.1) is 23.8 Å². The number of fused-ring (bicyclic) bond motifs is 1. The normalized spacial score (nSPS) is 14.5. The van der Waals surface area contributed by atoms with Gasteiger partial charge in [-0.2, -0.15) is 5.26 Å². The zero-order valence-electron chi connectivity index (χ0n) is 17.2. The Morgan fingerprint density at radius 2 is 1.90 bits per heavy atom. The summed E-state index contributed by atoms with van der Waals surface area (Å²) in [6.45, 7) is 0.593. The van der Waals surface area contributed by atoms with Gasteiger partial charge >= 0.3 is 0 Å². The van der Waals surface area contributed by atoms with Crippen LogP contribution in [0.4, 0.5) is 0 Å². The standard InChI is InChI=1S/C26H23NO4/c27-15-18-9-11-20(12-10-18)22(28)14-13-21-17-31-24-8-4-7-23(25(24)26(21)29)30-16-19-5-2-1-3-6-19/h4,7-14,17,19H,1-3,5-6,16H2/b14-13+. The van der Waals surface area contributed by atoms with Crippen molar-refractivity contribution in [1.82, 2.24) is 0 Å². The van der Waals surface area contributed by atoms with Crippen molar-refractivity contribution < 1.29 is 13.9 Å². The fourth-order valence-corrected chi connectivity index (χ4v) is 3.93. The van der Waals surface area contributed by atoms with Crippen molar-refractivity contribution in [3.63, 3.8) is 0 Å². The SMILES string of the molecule is N#Cc1ccc(C(=O)/C=C/c2coc3cccc(OCC4CCCCC4)c3c2=O)cc1. The zero-order chi connectivity index (χ0) is 21.6. The molecule has 0 spiro atoms. The van der Waals surface area contributed by atoms with Gasteiger partial charge in [0.15, 0.2) is 5.78 Å². The Morgan fingerprint density at radius 3 is 2.65 bits per heavy atom.